The normalized spacial score (nSPS) is 10.8. The van der Waals surface area contributed by atoms with Gasteiger partial charge in [-0.3, -0.25) is 4.79 Å². The van der Waals surface area contributed by atoms with Crippen molar-refractivity contribution in [2.75, 3.05) is 0 Å². The number of hydrogen-bond donors (Lipinski definition) is 1. The van der Waals surface area contributed by atoms with Crippen LogP contribution in [0.25, 0.3) is 0 Å². The van der Waals surface area contributed by atoms with Crippen LogP contribution in [-0.2, 0) is 11.3 Å². The first-order chi connectivity index (χ1) is 8.97. The minimum absolute atomic E-state index is 0.0334. The van der Waals surface area contributed by atoms with Crippen LogP contribution >= 0.6 is 0 Å². The van der Waals surface area contributed by atoms with Gasteiger partial charge in [-0.2, -0.15) is 8.78 Å². The molecule has 3 nitrogen and oxygen atoms in total. The number of rotatable bonds is 7. The van der Waals surface area contributed by atoms with Crippen LogP contribution in [0, 0.1) is 5.92 Å². The molecule has 0 atom stereocenters. The van der Waals surface area contributed by atoms with Gasteiger partial charge in [-0.1, -0.05) is 26.0 Å². The van der Waals surface area contributed by atoms with Crippen LogP contribution in [0.5, 0.6) is 5.75 Å². The molecule has 0 aliphatic heterocycles. The smallest absolute Gasteiger partial charge is 0.387 e. The zero-order valence-electron chi connectivity index (χ0n) is 11.2. The molecule has 0 aromatic heterocycles. The van der Waals surface area contributed by atoms with E-state index in [4.69, 9.17) is 0 Å². The van der Waals surface area contributed by atoms with E-state index in [-0.39, 0.29) is 11.7 Å². The van der Waals surface area contributed by atoms with Gasteiger partial charge in [-0.15, -0.1) is 0 Å². The van der Waals surface area contributed by atoms with Crippen LogP contribution in [-0.4, -0.2) is 12.5 Å². The summed E-state index contributed by atoms with van der Waals surface area (Å²) in [6, 6.07) is 6.32. The maximum Gasteiger partial charge on any atom is 0.387 e. The average Bonchev–Trinajstić information content (AvgIpc) is 2.33. The van der Waals surface area contributed by atoms with Crippen LogP contribution in [0.3, 0.4) is 0 Å². The molecule has 1 rings (SSSR count). The van der Waals surface area contributed by atoms with E-state index in [9.17, 15) is 13.6 Å². The second-order valence-electron chi connectivity index (χ2n) is 4.74. The lowest BCUT2D eigenvalue weighted by Gasteiger charge is -2.09. The molecule has 0 heterocycles. The molecule has 1 N–H and O–H groups in total. The SMILES string of the molecule is CC(C)CCC(=O)NCc1cccc(OC(F)F)c1. The molecule has 0 saturated carbocycles. The summed E-state index contributed by atoms with van der Waals surface area (Å²) in [5.41, 5.74) is 0.732. The summed E-state index contributed by atoms with van der Waals surface area (Å²) in [6.45, 7) is 1.59. The number of nitrogens with one attached hydrogen (secondary N) is 1. The van der Waals surface area contributed by atoms with Gasteiger partial charge >= 0.3 is 6.61 Å². The Kier molecular flexibility index (Phi) is 6.25. The van der Waals surface area contributed by atoms with Crippen LogP contribution in [0.4, 0.5) is 8.78 Å². The number of carbonyl (C=O) groups excluding carboxylic acids is 1. The lowest BCUT2D eigenvalue weighted by molar-refractivity contribution is -0.121. The summed E-state index contributed by atoms with van der Waals surface area (Å²) in [6.07, 6.45) is 1.31. The summed E-state index contributed by atoms with van der Waals surface area (Å²) in [7, 11) is 0. The Morgan fingerprint density at radius 2 is 2.11 bits per heavy atom. The average molecular weight is 271 g/mol. The van der Waals surface area contributed by atoms with Crippen LogP contribution in [0.1, 0.15) is 32.3 Å². The highest BCUT2D eigenvalue weighted by Crippen LogP contribution is 2.15. The third-order valence-corrected chi connectivity index (χ3v) is 2.56. The fraction of sp³-hybridized carbons (Fsp3) is 0.500. The number of carbonyl (C=O) groups is 1. The van der Waals surface area contributed by atoms with Crippen molar-refractivity contribution in [3.05, 3.63) is 29.8 Å². The fourth-order valence-corrected chi connectivity index (χ4v) is 1.54. The van der Waals surface area contributed by atoms with E-state index in [1.54, 1.807) is 12.1 Å². The molecule has 1 aromatic rings. The van der Waals surface area contributed by atoms with Crippen molar-refractivity contribution >= 4 is 5.91 Å². The Morgan fingerprint density at radius 1 is 1.37 bits per heavy atom. The van der Waals surface area contributed by atoms with Crippen molar-refractivity contribution in [2.45, 2.75) is 39.8 Å². The molecular formula is C14H19F2NO2. The van der Waals surface area contributed by atoms with Gasteiger partial charge in [0.15, 0.2) is 0 Å². The number of hydrogen-bond acceptors (Lipinski definition) is 2. The van der Waals surface area contributed by atoms with E-state index in [0.717, 1.165) is 12.0 Å². The Morgan fingerprint density at radius 3 is 2.74 bits per heavy atom. The number of alkyl halides is 2. The van der Waals surface area contributed by atoms with Gasteiger partial charge < -0.3 is 10.1 Å². The number of ether oxygens (including phenoxy) is 1. The van der Waals surface area contributed by atoms with Crippen molar-refractivity contribution in [3.63, 3.8) is 0 Å². The first-order valence-electron chi connectivity index (χ1n) is 6.28. The summed E-state index contributed by atoms with van der Waals surface area (Å²) < 4.78 is 28.4. The molecule has 1 aromatic carbocycles. The van der Waals surface area contributed by atoms with E-state index in [1.807, 2.05) is 0 Å². The molecule has 0 saturated heterocycles. The second-order valence-corrected chi connectivity index (χ2v) is 4.74. The van der Waals surface area contributed by atoms with Crippen molar-refractivity contribution in [2.24, 2.45) is 5.92 Å². The predicted octanol–water partition coefficient (Wildman–Crippen LogP) is 3.34. The Labute approximate surface area is 112 Å². The van der Waals surface area contributed by atoms with Gasteiger partial charge in [0.2, 0.25) is 5.91 Å². The summed E-state index contributed by atoms with van der Waals surface area (Å²) >= 11 is 0. The topological polar surface area (TPSA) is 38.3 Å². The monoisotopic (exact) mass is 271 g/mol. The molecule has 1 amide bonds. The molecule has 0 unspecified atom stereocenters. The molecule has 106 valence electrons. The van der Waals surface area contributed by atoms with Crippen LogP contribution in [0.15, 0.2) is 24.3 Å². The van der Waals surface area contributed by atoms with E-state index >= 15 is 0 Å². The highest BCUT2D eigenvalue weighted by molar-refractivity contribution is 5.75. The van der Waals surface area contributed by atoms with Crippen LogP contribution < -0.4 is 10.1 Å². The maximum atomic E-state index is 12.1. The summed E-state index contributed by atoms with van der Waals surface area (Å²) in [5, 5.41) is 2.75. The van der Waals surface area contributed by atoms with Gasteiger partial charge in [0, 0.05) is 13.0 Å². The maximum absolute atomic E-state index is 12.1. The third kappa shape index (κ3) is 6.74. The number of halogens is 2. The fourth-order valence-electron chi connectivity index (χ4n) is 1.54. The first kappa shape index (κ1) is 15.4. The van der Waals surface area contributed by atoms with E-state index < -0.39 is 6.61 Å². The quantitative estimate of drug-likeness (QED) is 0.826. The lowest BCUT2D eigenvalue weighted by Crippen LogP contribution is -2.22. The Hall–Kier alpha value is -1.65. The van der Waals surface area contributed by atoms with Crippen molar-refractivity contribution in [1.29, 1.82) is 0 Å². The van der Waals surface area contributed by atoms with Crippen molar-refractivity contribution in [3.8, 4) is 5.75 Å². The minimum Gasteiger partial charge on any atom is -0.435 e. The number of benzene rings is 1. The van der Waals surface area contributed by atoms with Crippen LogP contribution in [0.2, 0.25) is 0 Å². The molecule has 0 bridgehead atoms. The molecule has 0 aliphatic rings. The second kappa shape index (κ2) is 7.71. The standard InChI is InChI=1S/C14H19F2NO2/c1-10(2)6-7-13(18)17-9-11-4-3-5-12(8-11)19-14(15)16/h3-5,8,10,14H,6-7,9H2,1-2H3,(H,17,18). The third-order valence-electron chi connectivity index (χ3n) is 2.56. The van der Waals surface area contributed by atoms with Gasteiger partial charge in [-0.25, -0.2) is 0 Å². The summed E-state index contributed by atoms with van der Waals surface area (Å²) in [4.78, 5) is 11.5. The highest BCUT2D eigenvalue weighted by atomic mass is 19.3. The van der Waals surface area contributed by atoms with Crippen molar-refractivity contribution < 1.29 is 18.3 Å². The Bertz CT molecular complexity index is 408. The lowest BCUT2D eigenvalue weighted by atomic mass is 10.1. The minimum atomic E-state index is -2.84. The zero-order chi connectivity index (χ0) is 14.3. The molecule has 0 fully saturated rings. The number of amides is 1. The van der Waals surface area contributed by atoms with Gasteiger partial charge in [0.05, 0.1) is 0 Å². The van der Waals surface area contributed by atoms with Crippen molar-refractivity contribution in [1.82, 2.24) is 5.32 Å². The molecule has 0 spiro atoms. The zero-order valence-corrected chi connectivity index (χ0v) is 11.2. The van der Waals surface area contributed by atoms with Gasteiger partial charge in [-0.05, 0) is 30.0 Å². The predicted molar refractivity (Wildman–Crippen MR) is 69.0 cm³/mol. The molecule has 0 radical (unpaired) electrons. The van der Waals surface area contributed by atoms with Gasteiger partial charge in [0.1, 0.15) is 5.75 Å². The molecular weight excluding hydrogens is 252 g/mol. The van der Waals surface area contributed by atoms with Gasteiger partial charge in [0.25, 0.3) is 0 Å². The summed E-state index contributed by atoms with van der Waals surface area (Å²) in [5.74, 6) is 0.548. The highest BCUT2D eigenvalue weighted by Gasteiger charge is 2.06. The largest absolute Gasteiger partial charge is 0.435 e. The molecule has 0 aliphatic carbocycles. The Balaban J connectivity index is 2.42. The first-order valence-corrected chi connectivity index (χ1v) is 6.28. The van der Waals surface area contributed by atoms with E-state index in [2.05, 4.69) is 23.9 Å². The molecule has 5 heteroatoms. The molecule has 19 heavy (non-hydrogen) atoms. The van der Waals surface area contributed by atoms with E-state index in [0.29, 0.717) is 18.9 Å². The van der Waals surface area contributed by atoms with E-state index in [1.165, 1.54) is 12.1 Å².